The molecule has 2 unspecified atom stereocenters. The first kappa shape index (κ1) is 20.4. The van der Waals surface area contributed by atoms with Gasteiger partial charge in [0.15, 0.2) is 5.78 Å². The average Bonchev–Trinajstić information content (AvgIpc) is 3.55. The number of piperidine rings is 1. The summed E-state index contributed by atoms with van der Waals surface area (Å²) in [6, 6.07) is 19.6. The van der Waals surface area contributed by atoms with E-state index in [0.717, 1.165) is 32.4 Å². The van der Waals surface area contributed by atoms with E-state index >= 15 is 0 Å². The second kappa shape index (κ2) is 9.30. The molecule has 1 heterocycles. The predicted molar refractivity (Wildman–Crippen MR) is 114 cm³/mol. The summed E-state index contributed by atoms with van der Waals surface area (Å²) in [5.41, 5.74) is 1.22. The Morgan fingerprint density at radius 2 is 1.63 bits per heavy atom. The summed E-state index contributed by atoms with van der Waals surface area (Å²) in [6.07, 6.45) is 1.59. The highest BCUT2D eigenvalue weighted by Gasteiger charge is 2.47. The number of para-hydroxylation sites is 1. The van der Waals surface area contributed by atoms with E-state index in [0.29, 0.717) is 18.2 Å². The number of carbonyl (C=O) groups excluding carboxylic acids is 1. The van der Waals surface area contributed by atoms with E-state index in [2.05, 4.69) is 17.0 Å². The lowest BCUT2D eigenvalue weighted by Gasteiger charge is -2.37. The highest BCUT2D eigenvalue weighted by molar-refractivity contribution is 5.82. The fraction of sp³-hybridized carbons (Fsp3) is 0.417. The Bertz CT molecular complexity index is 850. The molecule has 1 amide bonds. The zero-order valence-corrected chi connectivity index (χ0v) is 17.0. The zero-order chi connectivity index (χ0) is 20.9. The Kier molecular flexibility index (Phi) is 6.33. The molecule has 2 aromatic carbocycles. The molecule has 2 aromatic rings. The van der Waals surface area contributed by atoms with Crippen molar-refractivity contribution in [2.24, 2.45) is 0 Å². The Morgan fingerprint density at radius 3 is 2.27 bits per heavy atom. The lowest BCUT2D eigenvalue weighted by molar-refractivity contribution is -0.122. The molecule has 2 atom stereocenters. The minimum Gasteiger partial charge on any atom is -0.486 e. The number of ketones is 1. The van der Waals surface area contributed by atoms with Crippen LogP contribution in [0.1, 0.15) is 30.7 Å². The number of benzene rings is 2. The topological polar surface area (TPSA) is 70.1 Å². The minimum atomic E-state index is -0.829. The quantitative estimate of drug-likeness (QED) is 0.722. The third-order valence-corrected chi connectivity index (χ3v) is 6.06. The van der Waals surface area contributed by atoms with Crippen molar-refractivity contribution < 1.29 is 19.4 Å². The number of carboxylic acid groups (broad SMARTS) is 1. The third-order valence-electron chi connectivity index (χ3n) is 6.06. The largest absolute Gasteiger partial charge is 0.486 e. The normalized spacial score (nSPS) is 21.7. The summed E-state index contributed by atoms with van der Waals surface area (Å²) in [5, 5.41) is 9.83. The molecule has 1 aliphatic heterocycles. The molecule has 1 N–H and O–H groups in total. The molecule has 2 aliphatic rings. The van der Waals surface area contributed by atoms with Gasteiger partial charge in [-0.1, -0.05) is 48.5 Å². The van der Waals surface area contributed by atoms with Gasteiger partial charge in [0, 0.05) is 31.1 Å². The second-order valence-corrected chi connectivity index (χ2v) is 8.16. The van der Waals surface area contributed by atoms with Gasteiger partial charge in [-0.3, -0.25) is 9.69 Å². The molecule has 1 saturated heterocycles. The van der Waals surface area contributed by atoms with Crippen LogP contribution in [0.5, 0.6) is 5.75 Å². The van der Waals surface area contributed by atoms with Gasteiger partial charge in [0.1, 0.15) is 12.4 Å². The van der Waals surface area contributed by atoms with E-state index in [4.69, 9.17) is 4.74 Å². The number of hydrogen-bond acceptors (Lipinski definition) is 4. The molecule has 2 fully saturated rings. The number of carbonyl (C=O) groups is 2. The van der Waals surface area contributed by atoms with Crippen LogP contribution in [0.15, 0.2) is 60.7 Å². The van der Waals surface area contributed by atoms with Gasteiger partial charge in [0.2, 0.25) is 0 Å². The van der Waals surface area contributed by atoms with E-state index < -0.39 is 6.09 Å². The summed E-state index contributed by atoms with van der Waals surface area (Å²) in [6.45, 7) is 1.87. The van der Waals surface area contributed by atoms with Crippen molar-refractivity contribution >= 4 is 11.9 Å². The summed E-state index contributed by atoms with van der Waals surface area (Å²) in [5.74, 6) is 1.04. The van der Waals surface area contributed by atoms with Crippen LogP contribution in [0.3, 0.4) is 0 Å². The van der Waals surface area contributed by atoms with Crippen LogP contribution < -0.4 is 4.74 Å². The molecule has 0 spiro atoms. The molecule has 6 nitrogen and oxygen atoms in total. The van der Waals surface area contributed by atoms with Gasteiger partial charge in [0.25, 0.3) is 0 Å². The first-order chi connectivity index (χ1) is 14.6. The van der Waals surface area contributed by atoms with E-state index in [1.165, 1.54) is 5.56 Å². The van der Waals surface area contributed by atoms with E-state index in [9.17, 15) is 14.7 Å². The van der Waals surface area contributed by atoms with Crippen LogP contribution in [0.25, 0.3) is 0 Å². The highest BCUT2D eigenvalue weighted by Crippen LogP contribution is 2.46. The van der Waals surface area contributed by atoms with Crippen LogP contribution in [-0.4, -0.2) is 65.1 Å². The van der Waals surface area contributed by atoms with Gasteiger partial charge < -0.3 is 14.7 Å². The lowest BCUT2D eigenvalue weighted by Crippen LogP contribution is -2.49. The summed E-state index contributed by atoms with van der Waals surface area (Å²) < 4.78 is 5.53. The third kappa shape index (κ3) is 5.00. The molecule has 1 saturated carbocycles. The SMILES string of the molecule is O=C(COc1ccccc1)CN1CCC(N(C(=O)O)C2CC2c2ccccc2)CC1. The molecule has 0 bridgehead atoms. The number of rotatable bonds is 8. The number of amides is 1. The van der Waals surface area contributed by atoms with Crippen LogP contribution >= 0.6 is 0 Å². The molecule has 1 aliphatic carbocycles. The molecule has 6 heteroatoms. The molecular weight excluding hydrogens is 380 g/mol. The van der Waals surface area contributed by atoms with Crippen LogP contribution in [0.2, 0.25) is 0 Å². The summed E-state index contributed by atoms with van der Waals surface area (Å²) in [7, 11) is 0. The molecule has 0 aromatic heterocycles. The second-order valence-electron chi connectivity index (χ2n) is 8.16. The first-order valence-electron chi connectivity index (χ1n) is 10.6. The number of Topliss-reactive ketones (excluding diaryl/α,β-unsaturated/α-hetero) is 1. The first-order valence-corrected chi connectivity index (χ1v) is 10.6. The van der Waals surface area contributed by atoms with E-state index in [-0.39, 0.29) is 24.5 Å². The molecular formula is C24H28N2O4. The molecule has 0 radical (unpaired) electrons. The van der Waals surface area contributed by atoms with Crippen LogP contribution in [0.4, 0.5) is 4.79 Å². The standard InChI is InChI=1S/C24H28N2O4/c27-20(17-30-21-9-5-2-6-10-21)16-25-13-11-19(12-14-25)26(24(28)29)23-15-22(23)18-7-3-1-4-8-18/h1-10,19,22-23H,11-17H2,(H,28,29). The predicted octanol–water partition coefficient (Wildman–Crippen LogP) is 3.64. The Labute approximate surface area is 177 Å². The summed E-state index contributed by atoms with van der Waals surface area (Å²) in [4.78, 5) is 28.0. The highest BCUT2D eigenvalue weighted by atomic mass is 16.5. The molecule has 158 valence electrons. The van der Waals surface area contributed by atoms with Gasteiger partial charge in [-0.05, 0) is 37.0 Å². The minimum absolute atomic E-state index is 0.0214. The maximum absolute atomic E-state index is 12.3. The fourth-order valence-corrected chi connectivity index (χ4v) is 4.45. The van der Waals surface area contributed by atoms with E-state index in [1.54, 1.807) is 4.90 Å². The number of nitrogens with zero attached hydrogens (tertiary/aromatic N) is 2. The number of ether oxygens (including phenoxy) is 1. The number of likely N-dealkylation sites (tertiary alicyclic amines) is 1. The van der Waals surface area contributed by atoms with Crippen molar-refractivity contribution in [1.29, 1.82) is 0 Å². The summed E-state index contributed by atoms with van der Waals surface area (Å²) >= 11 is 0. The van der Waals surface area contributed by atoms with Crippen molar-refractivity contribution in [2.75, 3.05) is 26.2 Å². The maximum Gasteiger partial charge on any atom is 0.407 e. The van der Waals surface area contributed by atoms with Gasteiger partial charge >= 0.3 is 6.09 Å². The van der Waals surface area contributed by atoms with Crippen molar-refractivity contribution in [1.82, 2.24) is 9.80 Å². The Morgan fingerprint density at radius 1 is 1.00 bits per heavy atom. The Hall–Kier alpha value is -2.86. The van der Waals surface area contributed by atoms with Crippen molar-refractivity contribution in [3.05, 3.63) is 66.2 Å². The van der Waals surface area contributed by atoms with Crippen molar-refractivity contribution in [3.8, 4) is 5.75 Å². The number of hydrogen-bond donors (Lipinski definition) is 1. The Balaban J connectivity index is 1.25. The van der Waals surface area contributed by atoms with Gasteiger partial charge in [-0.15, -0.1) is 0 Å². The molecule has 30 heavy (non-hydrogen) atoms. The van der Waals surface area contributed by atoms with Gasteiger partial charge in [-0.25, -0.2) is 4.79 Å². The maximum atomic E-state index is 12.3. The monoisotopic (exact) mass is 408 g/mol. The van der Waals surface area contributed by atoms with E-state index in [1.807, 2.05) is 48.5 Å². The van der Waals surface area contributed by atoms with Gasteiger partial charge in [-0.2, -0.15) is 0 Å². The van der Waals surface area contributed by atoms with Crippen molar-refractivity contribution in [3.63, 3.8) is 0 Å². The lowest BCUT2D eigenvalue weighted by atomic mass is 10.0. The smallest absolute Gasteiger partial charge is 0.407 e. The molecule has 4 rings (SSSR count). The van der Waals surface area contributed by atoms with Crippen LogP contribution in [-0.2, 0) is 4.79 Å². The average molecular weight is 408 g/mol. The zero-order valence-electron chi connectivity index (χ0n) is 17.0. The van der Waals surface area contributed by atoms with Crippen molar-refractivity contribution in [2.45, 2.75) is 37.3 Å². The van der Waals surface area contributed by atoms with Crippen LogP contribution in [0, 0.1) is 0 Å². The van der Waals surface area contributed by atoms with Gasteiger partial charge in [0.05, 0.1) is 6.54 Å². The fourth-order valence-electron chi connectivity index (χ4n) is 4.45.